The second-order valence-electron chi connectivity index (χ2n) is 5.18. The summed E-state index contributed by atoms with van der Waals surface area (Å²) in [5, 5.41) is 9.84. The number of halogens is 2. The summed E-state index contributed by atoms with van der Waals surface area (Å²) in [5.41, 5.74) is 0.433. The fourth-order valence-electron chi connectivity index (χ4n) is 2.04. The number of hydrogen-bond donors (Lipinski definition) is 1. The van der Waals surface area contributed by atoms with Gasteiger partial charge in [-0.05, 0) is 30.3 Å². The molecule has 0 aliphatic heterocycles. The SMILES string of the molecule is O=C(Nc1nnc(S(=O)(=O)Cc2ccccc2F)s1)c1ccc(Br)cc1. The van der Waals surface area contributed by atoms with E-state index in [0.29, 0.717) is 5.56 Å². The van der Waals surface area contributed by atoms with Gasteiger partial charge in [0, 0.05) is 15.6 Å². The summed E-state index contributed by atoms with van der Waals surface area (Å²) >= 11 is 3.99. The highest BCUT2D eigenvalue weighted by Gasteiger charge is 2.23. The predicted octanol–water partition coefficient (Wildman–Crippen LogP) is 3.67. The molecule has 10 heteroatoms. The molecule has 1 N–H and O–H groups in total. The highest BCUT2D eigenvalue weighted by Crippen LogP contribution is 2.24. The summed E-state index contributed by atoms with van der Waals surface area (Å²) in [4.78, 5) is 12.1. The number of rotatable bonds is 5. The Morgan fingerprint density at radius 3 is 2.50 bits per heavy atom. The smallest absolute Gasteiger partial charge is 0.257 e. The van der Waals surface area contributed by atoms with Crippen LogP contribution in [0.2, 0.25) is 0 Å². The first-order chi connectivity index (χ1) is 12.3. The zero-order chi connectivity index (χ0) is 18.7. The third kappa shape index (κ3) is 4.32. The van der Waals surface area contributed by atoms with E-state index in [0.717, 1.165) is 15.8 Å². The summed E-state index contributed by atoms with van der Waals surface area (Å²) in [7, 11) is -3.87. The number of hydrogen-bond acceptors (Lipinski definition) is 6. The summed E-state index contributed by atoms with van der Waals surface area (Å²) < 4.78 is 39.0. The minimum absolute atomic E-state index is 0.0446. The monoisotopic (exact) mass is 455 g/mol. The molecule has 1 amide bonds. The van der Waals surface area contributed by atoms with Crippen LogP contribution in [0, 0.1) is 5.82 Å². The van der Waals surface area contributed by atoms with Crippen molar-refractivity contribution in [2.45, 2.75) is 10.1 Å². The molecule has 3 rings (SSSR count). The van der Waals surface area contributed by atoms with Gasteiger partial charge >= 0.3 is 0 Å². The lowest BCUT2D eigenvalue weighted by atomic mass is 10.2. The summed E-state index contributed by atoms with van der Waals surface area (Å²) in [6, 6.07) is 12.2. The van der Waals surface area contributed by atoms with Crippen LogP contribution in [0.15, 0.2) is 57.3 Å². The van der Waals surface area contributed by atoms with Crippen LogP contribution in [0.3, 0.4) is 0 Å². The second kappa shape index (κ2) is 7.60. The van der Waals surface area contributed by atoms with Crippen LogP contribution in [-0.2, 0) is 15.6 Å². The lowest BCUT2D eigenvalue weighted by Gasteiger charge is -2.02. The normalized spacial score (nSPS) is 11.3. The molecule has 1 aromatic heterocycles. The van der Waals surface area contributed by atoms with E-state index in [1.165, 1.54) is 18.2 Å². The molecule has 0 saturated carbocycles. The Hall–Kier alpha value is -2.17. The number of nitrogens with one attached hydrogen (secondary N) is 1. The van der Waals surface area contributed by atoms with Crippen LogP contribution >= 0.6 is 27.3 Å². The van der Waals surface area contributed by atoms with Gasteiger partial charge in [0.05, 0.1) is 5.75 Å². The standard InChI is InChI=1S/C16H11BrFN3O3S2/c17-12-7-5-10(6-8-12)14(22)19-15-20-21-16(25-15)26(23,24)9-11-3-1-2-4-13(11)18/h1-8H,9H2,(H,19,20,22). The van der Waals surface area contributed by atoms with Crippen molar-refractivity contribution in [2.75, 3.05) is 5.32 Å². The third-order valence-electron chi connectivity index (χ3n) is 3.30. The Morgan fingerprint density at radius 2 is 1.81 bits per heavy atom. The van der Waals surface area contributed by atoms with Crippen molar-refractivity contribution < 1.29 is 17.6 Å². The Bertz CT molecular complexity index is 1050. The van der Waals surface area contributed by atoms with Gasteiger partial charge in [-0.2, -0.15) is 0 Å². The molecule has 0 fully saturated rings. The average Bonchev–Trinajstić information content (AvgIpc) is 3.07. The van der Waals surface area contributed by atoms with Gasteiger partial charge in [0.25, 0.3) is 5.91 Å². The van der Waals surface area contributed by atoms with E-state index in [4.69, 9.17) is 0 Å². The summed E-state index contributed by atoms with van der Waals surface area (Å²) in [5.74, 6) is -1.58. The number of nitrogens with zero attached hydrogens (tertiary/aromatic N) is 2. The van der Waals surface area contributed by atoms with E-state index in [1.54, 1.807) is 30.3 Å². The topological polar surface area (TPSA) is 89.0 Å². The lowest BCUT2D eigenvalue weighted by molar-refractivity contribution is 0.102. The van der Waals surface area contributed by atoms with Crippen molar-refractivity contribution in [3.05, 3.63) is 69.9 Å². The van der Waals surface area contributed by atoms with E-state index in [-0.39, 0.29) is 15.0 Å². The molecule has 0 atom stereocenters. The first kappa shape index (κ1) is 18.6. The molecule has 2 aromatic carbocycles. The maximum atomic E-state index is 13.7. The van der Waals surface area contributed by atoms with Crippen molar-refractivity contribution >= 4 is 48.1 Å². The van der Waals surface area contributed by atoms with Crippen LogP contribution < -0.4 is 5.32 Å². The van der Waals surface area contributed by atoms with Crippen molar-refractivity contribution in [2.24, 2.45) is 0 Å². The molecule has 3 aromatic rings. The Morgan fingerprint density at radius 1 is 1.12 bits per heavy atom. The number of carbonyl (C=O) groups is 1. The first-order valence-electron chi connectivity index (χ1n) is 7.22. The van der Waals surface area contributed by atoms with Crippen LogP contribution in [0.5, 0.6) is 0 Å². The molecule has 0 spiro atoms. The first-order valence-corrected chi connectivity index (χ1v) is 10.5. The zero-order valence-corrected chi connectivity index (χ0v) is 16.2. The van der Waals surface area contributed by atoms with E-state index in [2.05, 4.69) is 31.4 Å². The van der Waals surface area contributed by atoms with E-state index in [9.17, 15) is 17.6 Å². The van der Waals surface area contributed by atoms with E-state index >= 15 is 0 Å². The summed E-state index contributed by atoms with van der Waals surface area (Å²) in [6.45, 7) is 0. The lowest BCUT2D eigenvalue weighted by Crippen LogP contribution is -2.11. The molecule has 0 unspecified atom stereocenters. The number of sulfone groups is 1. The van der Waals surface area contributed by atoms with Gasteiger partial charge < -0.3 is 0 Å². The highest BCUT2D eigenvalue weighted by atomic mass is 79.9. The Balaban J connectivity index is 1.75. The van der Waals surface area contributed by atoms with Crippen LogP contribution in [0.1, 0.15) is 15.9 Å². The largest absolute Gasteiger partial charge is 0.296 e. The molecule has 0 radical (unpaired) electrons. The van der Waals surface area contributed by atoms with Gasteiger partial charge in [-0.25, -0.2) is 12.8 Å². The maximum absolute atomic E-state index is 13.7. The quantitative estimate of drug-likeness (QED) is 0.592. The molecule has 1 heterocycles. The molecular formula is C16H11BrFN3O3S2. The second-order valence-corrected chi connectivity index (χ2v) is 9.24. The van der Waals surface area contributed by atoms with E-state index < -0.39 is 27.3 Å². The van der Waals surface area contributed by atoms with Gasteiger partial charge in [-0.3, -0.25) is 10.1 Å². The molecule has 6 nitrogen and oxygen atoms in total. The molecular weight excluding hydrogens is 445 g/mol. The molecule has 0 aliphatic rings. The molecule has 0 saturated heterocycles. The van der Waals surface area contributed by atoms with Crippen molar-refractivity contribution in [1.29, 1.82) is 0 Å². The zero-order valence-electron chi connectivity index (χ0n) is 13.0. The van der Waals surface area contributed by atoms with E-state index in [1.807, 2.05) is 0 Å². The maximum Gasteiger partial charge on any atom is 0.257 e. The number of amides is 1. The van der Waals surface area contributed by atoms with Gasteiger partial charge in [-0.15, -0.1) is 10.2 Å². The number of benzene rings is 2. The van der Waals surface area contributed by atoms with Crippen molar-refractivity contribution in [3.63, 3.8) is 0 Å². The fraction of sp³-hybridized carbons (Fsp3) is 0.0625. The number of aromatic nitrogens is 2. The molecule has 0 bridgehead atoms. The van der Waals surface area contributed by atoms with Crippen LogP contribution in [0.25, 0.3) is 0 Å². The number of carbonyl (C=O) groups excluding carboxylic acids is 1. The van der Waals surface area contributed by atoms with Gasteiger partial charge in [0.1, 0.15) is 5.82 Å². The fourth-order valence-corrected chi connectivity index (χ4v) is 4.63. The predicted molar refractivity (Wildman–Crippen MR) is 99.3 cm³/mol. The third-order valence-corrected chi connectivity index (χ3v) is 6.78. The molecule has 0 aliphatic carbocycles. The minimum Gasteiger partial charge on any atom is -0.296 e. The van der Waals surface area contributed by atoms with Gasteiger partial charge in [0.2, 0.25) is 19.3 Å². The van der Waals surface area contributed by atoms with Crippen molar-refractivity contribution in [3.8, 4) is 0 Å². The Kier molecular flexibility index (Phi) is 5.44. The molecule has 134 valence electrons. The number of anilines is 1. The van der Waals surface area contributed by atoms with Gasteiger partial charge in [-0.1, -0.05) is 45.5 Å². The Labute approximate surface area is 161 Å². The summed E-state index contributed by atoms with van der Waals surface area (Å²) in [6.07, 6.45) is 0. The average molecular weight is 456 g/mol. The molecule has 26 heavy (non-hydrogen) atoms. The van der Waals surface area contributed by atoms with Gasteiger partial charge in [0.15, 0.2) is 0 Å². The van der Waals surface area contributed by atoms with Crippen LogP contribution in [0.4, 0.5) is 9.52 Å². The van der Waals surface area contributed by atoms with Crippen LogP contribution in [-0.4, -0.2) is 24.5 Å². The van der Waals surface area contributed by atoms with Crippen molar-refractivity contribution in [1.82, 2.24) is 10.2 Å². The minimum atomic E-state index is -3.87. The highest BCUT2D eigenvalue weighted by molar-refractivity contribution is 9.10.